The highest BCUT2D eigenvalue weighted by Crippen LogP contribution is 2.28. The number of rotatable bonds is 5. The summed E-state index contributed by atoms with van der Waals surface area (Å²) in [4.78, 5) is 16.9. The zero-order chi connectivity index (χ0) is 17.2. The Hall–Kier alpha value is -1.77. The molecule has 1 aliphatic heterocycles. The number of pyridine rings is 1. The summed E-state index contributed by atoms with van der Waals surface area (Å²) in [5.74, 6) is -0.368. The van der Waals surface area contributed by atoms with Crippen LogP contribution in [0.1, 0.15) is 41.0 Å². The first-order chi connectivity index (χ1) is 11.5. The van der Waals surface area contributed by atoms with E-state index in [1.165, 1.54) is 10.4 Å². The standard InChI is InChI=1S/C16H19N3O3S2/c1-12(13-4-7-17-8-5-13)18-16(20)15-14(6-11-23-15)24(21,22)19-9-2-3-10-19/h4-8,11-12H,2-3,9-10H2,1H3,(H,18,20). The zero-order valence-corrected chi connectivity index (χ0v) is 14.9. The van der Waals surface area contributed by atoms with Crippen LogP contribution in [0, 0.1) is 0 Å². The highest BCUT2D eigenvalue weighted by molar-refractivity contribution is 7.89. The van der Waals surface area contributed by atoms with Gasteiger partial charge in [0, 0.05) is 25.5 Å². The van der Waals surface area contributed by atoms with Gasteiger partial charge in [0.05, 0.1) is 6.04 Å². The number of hydrogen-bond donors (Lipinski definition) is 1. The van der Waals surface area contributed by atoms with Crippen molar-refractivity contribution in [3.8, 4) is 0 Å². The van der Waals surface area contributed by atoms with E-state index in [9.17, 15) is 13.2 Å². The fourth-order valence-corrected chi connectivity index (χ4v) is 5.55. The minimum absolute atomic E-state index is 0.105. The molecule has 3 rings (SSSR count). The predicted octanol–water partition coefficient (Wildman–Crippen LogP) is 2.42. The van der Waals surface area contributed by atoms with E-state index in [4.69, 9.17) is 0 Å². The summed E-state index contributed by atoms with van der Waals surface area (Å²) in [6.45, 7) is 2.90. The molecule has 24 heavy (non-hydrogen) atoms. The fourth-order valence-electron chi connectivity index (χ4n) is 2.73. The summed E-state index contributed by atoms with van der Waals surface area (Å²) >= 11 is 1.15. The van der Waals surface area contributed by atoms with Crippen LogP contribution in [0.5, 0.6) is 0 Å². The first-order valence-corrected chi connectivity index (χ1v) is 10.1. The van der Waals surface area contributed by atoms with Crippen LogP contribution in [0.4, 0.5) is 0 Å². The number of hydrogen-bond acceptors (Lipinski definition) is 5. The Morgan fingerprint density at radius 3 is 2.58 bits per heavy atom. The second kappa shape index (κ2) is 7.00. The molecule has 8 heteroatoms. The van der Waals surface area contributed by atoms with Crippen molar-refractivity contribution in [3.63, 3.8) is 0 Å². The fraction of sp³-hybridized carbons (Fsp3) is 0.375. The number of nitrogens with one attached hydrogen (secondary N) is 1. The van der Waals surface area contributed by atoms with Gasteiger partial charge in [0.2, 0.25) is 10.0 Å². The average molecular weight is 365 g/mol. The minimum atomic E-state index is -3.60. The van der Waals surface area contributed by atoms with Gasteiger partial charge in [-0.1, -0.05) is 0 Å². The molecule has 128 valence electrons. The quantitative estimate of drug-likeness (QED) is 0.882. The van der Waals surface area contributed by atoms with Crippen molar-refractivity contribution >= 4 is 27.3 Å². The molecule has 1 N–H and O–H groups in total. The zero-order valence-electron chi connectivity index (χ0n) is 13.3. The second-order valence-electron chi connectivity index (χ2n) is 5.70. The largest absolute Gasteiger partial charge is 0.345 e. The number of thiophene rings is 1. The maximum absolute atomic E-state index is 12.7. The Morgan fingerprint density at radius 2 is 1.92 bits per heavy atom. The molecule has 2 aromatic rings. The van der Waals surface area contributed by atoms with Crippen molar-refractivity contribution < 1.29 is 13.2 Å². The SMILES string of the molecule is CC(NC(=O)c1sccc1S(=O)(=O)N1CCCC1)c1ccncc1. The highest BCUT2D eigenvalue weighted by Gasteiger charge is 2.32. The lowest BCUT2D eigenvalue weighted by atomic mass is 10.1. The molecular formula is C16H19N3O3S2. The molecule has 0 aliphatic carbocycles. The molecule has 0 radical (unpaired) electrons. The van der Waals surface area contributed by atoms with Crippen molar-refractivity contribution in [1.82, 2.24) is 14.6 Å². The molecule has 6 nitrogen and oxygen atoms in total. The molecule has 0 spiro atoms. The minimum Gasteiger partial charge on any atom is -0.345 e. The van der Waals surface area contributed by atoms with Gasteiger partial charge in [0.25, 0.3) is 5.91 Å². The summed E-state index contributed by atoms with van der Waals surface area (Å²) < 4.78 is 26.9. The lowest BCUT2D eigenvalue weighted by Crippen LogP contribution is -2.31. The van der Waals surface area contributed by atoms with Crippen LogP contribution in [-0.2, 0) is 10.0 Å². The highest BCUT2D eigenvalue weighted by atomic mass is 32.2. The molecule has 1 fully saturated rings. The number of carbonyl (C=O) groups excluding carboxylic acids is 1. The van der Waals surface area contributed by atoms with Gasteiger partial charge in [-0.2, -0.15) is 4.31 Å². The van der Waals surface area contributed by atoms with Crippen molar-refractivity contribution in [2.24, 2.45) is 0 Å². The van der Waals surface area contributed by atoms with E-state index < -0.39 is 10.0 Å². The summed E-state index contributed by atoms with van der Waals surface area (Å²) in [5.41, 5.74) is 0.916. The lowest BCUT2D eigenvalue weighted by molar-refractivity contribution is 0.0941. The van der Waals surface area contributed by atoms with Crippen LogP contribution in [0.2, 0.25) is 0 Å². The van der Waals surface area contributed by atoms with Gasteiger partial charge < -0.3 is 5.32 Å². The molecule has 0 saturated carbocycles. The number of carbonyl (C=O) groups is 1. The first kappa shape index (κ1) is 17.1. The van der Waals surface area contributed by atoms with Crippen LogP contribution in [0.3, 0.4) is 0 Å². The molecule has 3 heterocycles. The number of amides is 1. The Morgan fingerprint density at radius 1 is 1.25 bits per heavy atom. The lowest BCUT2D eigenvalue weighted by Gasteiger charge is -2.17. The third kappa shape index (κ3) is 3.35. The van der Waals surface area contributed by atoms with Crippen LogP contribution in [-0.4, -0.2) is 36.7 Å². The monoisotopic (exact) mass is 365 g/mol. The second-order valence-corrected chi connectivity index (χ2v) is 8.52. The van der Waals surface area contributed by atoms with Gasteiger partial charge in [-0.3, -0.25) is 9.78 Å². The molecule has 1 unspecified atom stereocenters. The van der Waals surface area contributed by atoms with Gasteiger partial charge in [-0.15, -0.1) is 11.3 Å². The van der Waals surface area contributed by atoms with Crippen LogP contribution in [0.15, 0.2) is 40.9 Å². The molecule has 0 bridgehead atoms. The van der Waals surface area contributed by atoms with Crippen LogP contribution >= 0.6 is 11.3 Å². The average Bonchev–Trinajstić information content (AvgIpc) is 3.27. The summed E-state index contributed by atoms with van der Waals surface area (Å²) in [7, 11) is -3.60. The van der Waals surface area contributed by atoms with Crippen LogP contribution in [0.25, 0.3) is 0 Å². The molecule has 1 atom stereocenters. The summed E-state index contributed by atoms with van der Waals surface area (Å²) in [6.07, 6.45) is 5.05. The maximum Gasteiger partial charge on any atom is 0.263 e. The Labute approximate surface area is 145 Å². The molecule has 1 amide bonds. The Bertz CT molecular complexity index is 812. The predicted molar refractivity (Wildman–Crippen MR) is 92.4 cm³/mol. The van der Waals surface area contributed by atoms with E-state index >= 15 is 0 Å². The van der Waals surface area contributed by atoms with E-state index in [1.807, 2.05) is 19.1 Å². The normalized spacial score (nSPS) is 16.9. The Balaban J connectivity index is 1.81. The van der Waals surface area contributed by atoms with Gasteiger partial charge in [-0.05, 0) is 48.9 Å². The van der Waals surface area contributed by atoms with E-state index in [0.717, 1.165) is 29.7 Å². The third-order valence-electron chi connectivity index (χ3n) is 4.07. The number of nitrogens with zero attached hydrogens (tertiary/aromatic N) is 2. The summed E-state index contributed by atoms with van der Waals surface area (Å²) in [6, 6.07) is 4.93. The third-order valence-corrected chi connectivity index (χ3v) is 7.06. The topological polar surface area (TPSA) is 79.4 Å². The molecule has 2 aromatic heterocycles. The summed E-state index contributed by atoms with van der Waals surface area (Å²) in [5, 5.41) is 4.51. The van der Waals surface area contributed by atoms with Gasteiger partial charge in [-0.25, -0.2) is 8.42 Å². The van der Waals surface area contributed by atoms with E-state index in [0.29, 0.717) is 13.1 Å². The molecule has 1 aliphatic rings. The number of aromatic nitrogens is 1. The maximum atomic E-state index is 12.7. The first-order valence-electron chi connectivity index (χ1n) is 7.78. The van der Waals surface area contributed by atoms with Crippen LogP contribution < -0.4 is 5.32 Å². The van der Waals surface area contributed by atoms with Gasteiger partial charge in [0.1, 0.15) is 9.77 Å². The van der Waals surface area contributed by atoms with Crippen molar-refractivity contribution in [3.05, 3.63) is 46.4 Å². The molecule has 0 aromatic carbocycles. The molecule has 1 saturated heterocycles. The van der Waals surface area contributed by atoms with Crippen molar-refractivity contribution in [2.75, 3.05) is 13.1 Å². The Kier molecular flexibility index (Phi) is 4.98. The smallest absolute Gasteiger partial charge is 0.263 e. The van der Waals surface area contributed by atoms with Gasteiger partial charge >= 0.3 is 0 Å². The van der Waals surface area contributed by atoms with E-state index in [-0.39, 0.29) is 21.7 Å². The number of sulfonamides is 1. The van der Waals surface area contributed by atoms with Crippen molar-refractivity contribution in [1.29, 1.82) is 0 Å². The van der Waals surface area contributed by atoms with Gasteiger partial charge in [0.15, 0.2) is 0 Å². The van der Waals surface area contributed by atoms with E-state index in [1.54, 1.807) is 17.8 Å². The molecular weight excluding hydrogens is 346 g/mol. The van der Waals surface area contributed by atoms with Crippen molar-refractivity contribution in [2.45, 2.75) is 30.7 Å². The van der Waals surface area contributed by atoms with E-state index in [2.05, 4.69) is 10.3 Å².